The van der Waals surface area contributed by atoms with Crippen LogP contribution in [0.25, 0.3) is 0 Å². The fraction of sp³-hybridized carbons (Fsp3) is 0.286. The first-order valence-electron chi connectivity index (χ1n) is 5.92. The van der Waals surface area contributed by atoms with Gasteiger partial charge in [-0.25, -0.2) is 0 Å². The van der Waals surface area contributed by atoms with Crippen LogP contribution >= 0.6 is 0 Å². The minimum atomic E-state index is -0.0819. The summed E-state index contributed by atoms with van der Waals surface area (Å²) in [5, 5.41) is 0. The van der Waals surface area contributed by atoms with E-state index in [9.17, 15) is 0 Å². The van der Waals surface area contributed by atoms with Gasteiger partial charge in [-0.2, -0.15) is 0 Å². The highest BCUT2D eigenvalue weighted by molar-refractivity contribution is 5.46. The summed E-state index contributed by atoms with van der Waals surface area (Å²) in [6.07, 6.45) is 1.79. The lowest BCUT2D eigenvalue weighted by molar-refractivity contribution is 0.210. The van der Waals surface area contributed by atoms with Crippen molar-refractivity contribution in [2.45, 2.75) is 19.6 Å². The van der Waals surface area contributed by atoms with Crippen molar-refractivity contribution in [1.29, 1.82) is 0 Å². The van der Waals surface area contributed by atoms with Crippen LogP contribution < -0.4 is 15.2 Å². The summed E-state index contributed by atoms with van der Waals surface area (Å²) in [7, 11) is 1.63. The van der Waals surface area contributed by atoms with Crippen molar-refractivity contribution in [2.75, 3.05) is 7.11 Å². The van der Waals surface area contributed by atoms with E-state index in [-0.39, 0.29) is 6.10 Å². The molecule has 2 rings (SSSR count). The first kappa shape index (κ1) is 12.5. The van der Waals surface area contributed by atoms with Gasteiger partial charge in [-0.1, -0.05) is 12.1 Å². The number of methoxy groups -OCH3 is 1. The van der Waals surface area contributed by atoms with Crippen molar-refractivity contribution in [3.63, 3.8) is 0 Å². The molecule has 4 heteroatoms. The Kier molecular flexibility index (Phi) is 3.89. The van der Waals surface area contributed by atoms with Gasteiger partial charge < -0.3 is 20.2 Å². The molecule has 0 amide bonds. The fourth-order valence-electron chi connectivity index (χ4n) is 1.85. The summed E-state index contributed by atoms with van der Waals surface area (Å²) >= 11 is 0. The number of nitrogens with one attached hydrogen (secondary N) is 1. The second kappa shape index (κ2) is 5.60. The number of benzene rings is 1. The fourth-order valence-corrected chi connectivity index (χ4v) is 1.85. The van der Waals surface area contributed by atoms with Crippen molar-refractivity contribution in [3.8, 4) is 11.5 Å². The highest BCUT2D eigenvalue weighted by Crippen LogP contribution is 2.34. The number of aromatic nitrogens is 1. The van der Waals surface area contributed by atoms with E-state index in [2.05, 4.69) is 4.98 Å². The lowest BCUT2D eigenvalue weighted by Gasteiger charge is -2.18. The molecular formula is C14H18N2O2. The molecule has 3 N–H and O–H groups in total. The zero-order valence-electron chi connectivity index (χ0n) is 10.6. The molecule has 0 spiro atoms. The molecule has 0 aliphatic rings. The zero-order chi connectivity index (χ0) is 13.0. The lowest BCUT2D eigenvalue weighted by Crippen LogP contribution is -2.08. The minimum absolute atomic E-state index is 0.0819. The molecule has 1 unspecified atom stereocenters. The number of ether oxygens (including phenoxy) is 2. The minimum Gasteiger partial charge on any atom is -0.493 e. The highest BCUT2D eigenvalue weighted by atomic mass is 16.5. The summed E-state index contributed by atoms with van der Waals surface area (Å²) in [5.74, 6) is 1.42. The van der Waals surface area contributed by atoms with E-state index in [1.807, 2.05) is 43.5 Å². The van der Waals surface area contributed by atoms with Crippen LogP contribution in [0.15, 0.2) is 36.5 Å². The van der Waals surface area contributed by atoms with E-state index in [1.165, 1.54) is 0 Å². The van der Waals surface area contributed by atoms with Crippen molar-refractivity contribution >= 4 is 0 Å². The highest BCUT2D eigenvalue weighted by Gasteiger charge is 2.14. The van der Waals surface area contributed by atoms with Crippen molar-refractivity contribution in [3.05, 3.63) is 47.8 Å². The predicted molar refractivity (Wildman–Crippen MR) is 70.7 cm³/mol. The molecule has 0 radical (unpaired) electrons. The first-order valence-corrected chi connectivity index (χ1v) is 5.92. The van der Waals surface area contributed by atoms with Gasteiger partial charge in [-0.05, 0) is 25.1 Å². The third-order valence-corrected chi connectivity index (χ3v) is 2.85. The number of aromatic amines is 1. The first-order chi connectivity index (χ1) is 8.76. The van der Waals surface area contributed by atoms with Gasteiger partial charge in [0, 0.05) is 18.3 Å². The smallest absolute Gasteiger partial charge is 0.166 e. The van der Waals surface area contributed by atoms with Gasteiger partial charge in [0.2, 0.25) is 0 Å². The molecule has 1 aromatic carbocycles. The van der Waals surface area contributed by atoms with Gasteiger partial charge >= 0.3 is 0 Å². The Bertz CT molecular complexity index is 472. The maximum atomic E-state index is 5.97. The topological polar surface area (TPSA) is 60.3 Å². The predicted octanol–water partition coefficient (Wildman–Crippen LogP) is 2.62. The zero-order valence-corrected chi connectivity index (χ0v) is 10.6. The van der Waals surface area contributed by atoms with Crippen molar-refractivity contribution in [1.82, 2.24) is 4.98 Å². The van der Waals surface area contributed by atoms with Gasteiger partial charge in [0.15, 0.2) is 11.5 Å². The summed E-state index contributed by atoms with van der Waals surface area (Å²) in [6.45, 7) is 2.41. The van der Waals surface area contributed by atoms with Crippen LogP contribution in [0.2, 0.25) is 0 Å². The molecule has 0 saturated carbocycles. The molecule has 0 bridgehead atoms. The van der Waals surface area contributed by atoms with E-state index in [0.717, 1.165) is 11.3 Å². The van der Waals surface area contributed by atoms with Crippen LogP contribution in [-0.2, 0) is 6.54 Å². The summed E-state index contributed by atoms with van der Waals surface area (Å²) in [6, 6.07) is 9.66. The van der Waals surface area contributed by atoms with Crippen LogP contribution in [0.4, 0.5) is 0 Å². The van der Waals surface area contributed by atoms with Crippen LogP contribution in [0.5, 0.6) is 11.5 Å². The summed E-state index contributed by atoms with van der Waals surface area (Å²) in [5.41, 5.74) is 7.68. The van der Waals surface area contributed by atoms with Gasteiger partial charge in [0.05, 0.1) is 12.8 Å². The number of nitrogens with two attached hydrogens (primary N) is 1. The van der Waals surface area contributed by atoms with E-state index in [0.29, 0.717) is 18.0 Å². The van der Waals surface area contributed by atoms with Crippen LogP contribution in [0, 0.1) is 0 Å². The monoisotopic (exact) mass is 246 g/mol. The Hall–Kier alpha value is -1.94. The maximum absolute atomic E-state index is 5.97. The van der Waals surface area contributed by atoms with Gasteiger partial charge in [0.25, 0.3) is 0 Å². The van der Waals surface area contributed by atoms with E-state index in [4.69, 9.17) is 15.2 Å². The molecule has 0 aliphatic carbocycles. The van der Waals surface area contributed by atoms with Crippen LogP contribution in [-0.4, -0.2) is 12.1 Å². The molecule has 0 saturated heterocycles. The third-order valence-electron chi connectivity index (χ3n) is 2.85. The number of hydrogen-bond donors (Lipinski definition) is 2. The molecule has 1 atom stereocenters. The standard InChI is InChI=1S/C14H18N2O2/c1-10(12-6-4-8-16-12)18-14-11(9-15)5-3-7-13(14)17-2/h3-8,10,16H,9,15H2,1-2H3. The van der Waals surface area contributed by atoms with Crippen LogP contribution in [0.3, 0.4) is 0 Å². The van der Waals surface area contributed by atoms with E-state index < -0.39 is 0 Å². The van der Waals surface area contributed by atoms with E-state index >= 15 is 0 Å². The second-order valence-corrected chi connectivity index (χ2v) is 4.04. The molecule has 4 nitrogen and oxygen atoms in total. The normalized spacial score (nSPS) is 12.2. The molecule has 18 heavy (non-hydrogen) atoms. The van der Waals surface area contributed by atoms with Crippen LogP contribution in [0.1, 0.15) is 24.3 Å². The molecule has 1 heterocycles. The third kappa shape index (κ3) is 2.49. The maximum Gasteiger partial charge on any atom is 0.166 e. The molecule has 1 aromatic heterocycles. The number of rotatable bonds is 5. The second-order valence-electron chi connectivity index (χ2n) is 4.04. The van der Waals surface area contributed by atoms with Gasteiger partial charge in [-0.15, -0.1) is 0 Å². The van der Waals surface area contributed by atoms with Gasteiger partial charge in [0.1, 0.15) is 6.10 Å². The quantitative estimate of drug-likeness (QED) is 0.852. The Morgan fingerprint density at radius 2 is 2.11 bits per heavy atom. The molecule has 0 aliphatic heterocycles. The molecule has 2 aromatic rings. The molecule has 96 valence electrons. The number of para-hydroxylation sites is 1. The average molecular weight is 246 g/mol. The SMILES string of the molecule is COc1cccc(CN)c1OC(C)c1ccc[nH]1. The Labute approximate surface area is 107 Å². The Balaban J connectivity index is 2.27. The largest absolute Gasteiger partial charge is 0.493 e. The molecular weight excluding hydrogens is 228 g/mol. The Morgan fingerprint density at radius 1 is 1.28 bits per heavy atom. The summed E-state index contributed by atoms with van der Waals surface area (Å²) < 4.78 is 11.3. The molecule has 0 fully saturated rings. The average Bonchev–Trinajstić information content (AvgIpc) is 2.93. The van der Waals surface area contributed by atoms with Gasteiger partial charge in [-0.3, -0.25) is 0 Å². The Morgan fingerprint density at radius 3 is 2.72 bits per heavy atom. The van der Waals surface area contributed by atoms with E-state index in [1.54, 1.807) is 7.11 Å². The van der Waals surface area contributed by atoms with Crippen molar-refractivity contribution in [2.24, 2.45) is 5.73 Å². The lowest BCUT2D eigenvalue weighted by atomic mass is 10.2. The van der Waals surface area contributed by atoms with Crippen molar-refractivity contribution < 1.29 is 9.47 Å². The number of H-pyrrole nitrogens is 1. The number of hydrogen-bond acceptors (Lipinski definition) is 3. The summed E-state index contributed by atoms with van der Waals surface area (Å²) in [4.78, 5) is 3.14.